The molecule has 1 radical (unpaired) electrons. The Morgan fingerprint density at radius 1 is 1.19 bits per heavy atom. The Labute approximate surface area is 103 Å². The molecule has 4 heteroatoms. The van der Waals surface area contributed by atoms with E-state index in [0.717, 1.165) is 30.3 Å². The van der Waals surface area contributed by atoms with E-state index in [2.05, 4.69) is 11.9 Å². The van der Waals surface area contributed by atoms with Crippen molar-refractivity contribution in [2.75, 3.05) is 33.6 Å². The maximum Gasteiger partial charge on any atom is 0.161 e. The van der Waals surface area contributed by atoms with Crippen LogP contribution in [0.15, 0.2) is 18.2 Å². The van der Waals surface area contributed by atoms with Gasteiger partial charge in [0.2, 0.25) is 0 Å². The Morgan fingerprint density at radius 2 is 1.88 bits per heavy atom. The third kappa shape index (κ3) is 3.61. The van der Waals surface area contributed by atoms with Gasteiger partial charge < -0.3 is 14.4 Å². The van der Waals surface area contributed by atoms with E-state index in [1.54, 1.807) is 14.2 Å². The molecule has 0 aromatic heterocycles. The van der Waals surface area contributed by atoms with Crippen LogP contribution in [-0.4, -0.2) is 38.5 Å². The molecular weight excluding hydrogens is 222 g/mol. The minimum absolute atomic E-state index is 0.754. The lowest BCUT2D eigenvalue weighted by Gasteiger charge is -2.16. The molecule has 0 saturated heterocycles. The average molecular weight is 240 g/mol. The standard InChI is InChI=1S/C12H18NO2S/c1-13(6-7-16)9-10-4-5-11(14-2)12(8-10)15-3/h4-5,8H,6-7,9H2,1-3H3. The van der Waals surface area contributed by atoms with Crippen LogP contribution < -0.4 is 9.47 Å². The van der Waals surface area contributed by atoms with Crippen molar-refractivity contribution in [2.24, 2.45) is 0 Å². The van der Waals surface area contributed by atoms with Crippen molar-refractivity contribution in [3.05, 3.63) is 23.8 Å². The topological polar surface area (TPSA) is 21.7 Å². The van der Waals surface area contributed by atoms with Gasteiger partial charge in [-0.3, -0.25) is 0 Å². The van der Waals surface area contributed by atoms with Crippen LogP contribution in [0.2, 0.25) is 0 Å². The zero-order chi connectivity index (χ0) is 12.0. The van der Waals surface area contributed by atoms with Gasteiger partial charge >= 0.3 is 0 Å². The lowest BCUT2D eigenvalue weighted by molar-refractivity contribution is 0.341. The summed E-state index contributed by atoms with van der Waals surface area (Å²) >= 11 is 4.95. The number of nitrogens with zero attached hydrogens (tertiary/aromatic N) is 1. The van der Waals surface area contributed by atoms with E-state index in [4.69, 9.17) is 22.1 Å². The fourth-order valence-electron chi connectivity index (χ4n) is 1.53. The number of hydrogen-bond acceptors (Lipinski definition) is 3. The van der Waals surface area contributed by atoms with Gasteiger partial charge in [0, 0.05) is 18.8 Å². The Balaban J connectivity index is 2.74. The summed E-state index contributed by atoms with van der Waals surface area (Å²) in [6.45, 7) is 1.79. The maximum absolute atomic E-state index is 5.25. The predicted octanol–water partition coefficient (Wildman–Crippen LogP) is 2.33. The van der Waals surface area contributed by atoms with Crippen molar-refractivity contribution in [3.8, 4) is 11.5 Å². The van der Waals surface area contributed by atoms with Gasteiger partial charge in [0.05, 0.1) is 14.2 Å². The van der Waals surface area contributed by atoms with Gasteiger partial charge in [0.15, 0.2) is 11.5 Å². The third-order valence-corrected chi connectivity index (χ3v) is 2.56. The average Bonchev–Trinajstić information content (AvgIpc) is 2.29. The van der Waals surface area contributed by atoms with Crippen LogP contribution in [0.25, 0.3) is 0 Å². The number of benzene rings is 1. The minimum atomic E-state index is 0.754. The van der Waals surface area contributed by atoms with E-state index < -0.39 is 0 Å². The number of hydrogen-bond donors (Lipinski definition) is 0. The molecule has 0 aliphatic carbocycles. The number of methoxy groups -OCH3 is 2. The van der Waals surface area contributed by atoms with Crippen LogP contribution in [0, 0.1) is 0 Å². The van der Waals surface area contributed by atoms with Crippen molar-refractivity contribution < 1.29 is 9.47 Å². The first-order chi connectivity index (χ1) is 7.71. The molecule has 0 fully saturated rings. The highest BCUT2D eigenvalue weighted by molar-refractivity contribution is 7.80. The van der Waals surface area contributed by atoms with Crippen LogP contribution in [0.5, 0.6) is 11.5 Å². The quantitative estimate of drug-likeness (QED) is 0.762. The molecule has 0 unspecified atom stereocenters. The van der Waals surface area contributed by atoms with Crippen LogP contribution >= 0.6 is 12.6 Å². The number of rotatable bonds is 6. The fraction of sp³-hybridized carbons (Fsp3) is 0.500. The molecule has 0 aliphatic rings. The smallest absolute Gasteiger partial charge is 0.161 e. The van der Waals surface area contributed by atoms with Crippen LogP contribution in [-0.2, 0) is 6.54 Å². The van der Waals surface area contributed by atoms with Crippen molar-refractivity contribution in [3.63, 3.8) is 0 Å². The van der Waals surface area contributed by atoms with E-state index in [1.165, 1.54) is 5.56 Å². The SMILES string of the molecule is COc1ccc(CN(C)CC[S])cc1OC. The lowest BCUT2D eigenvalue weighted by atomic mass is 10.2. The van der Waals surface area contributed by atoms with E-state index in [9.17, 15) is 0 Å². The summed E-state index contributed by atoms with van der Waals surface area (Å²) in [6.07, 6.45) is 0. The van der Waals surface area contributed by atoms with Crippen molar-refractivity contribution in [2.45, 2.75) is 6.54 Å². The molecule has 0 saturated carbocycles. The summed E-state index contributed by atoms with van der Waals surface area (Å²) in [5.41, 5.74) is 1.20. The van der Waals surface area contributed by atoms with E-state index >= 15 is 0 Å². The first-order valence-corrected chi connectivity index (χ1v) is 5.76. The second kappa shape index (κ2) is 6.66. The predicted molar refractivity (Wildman–Crippen MR) is 68.3 cm³/mol. The Bertz CT molecular complexity index is 331. The summed E-state index contributed by atoms with van der Waals surface area (Å²) in [5.74, 6) is 2.29. The molecule has 1 aromatic carbocycles. The summed E-state index contributed by atoms with van der Waals surface area (Å²) in [5, 5.41) is 0. The molecular formula is C12H18NO2S. The largest absolute Gasteiger partial charge is 0.493 e. The van der Waals surface area contributed by atoms with Crippen LogP contribution in [0.1, 0.15) is 5.56 Å². The molecule has 0 bridgehead atoms. The molecule has 1 aromatic rings. The summed E-state index contributed by atoms with van der Waals surface area (Å²) < 4.78 is 10.4. The Hall–Kier alpha value is -0.870. The molecule has 1 rings (SSSR count). The molecule has 0 spiro atoms. The van der Waals surface area contributed by atoms with Crippen molar-refractivity contribution >= 4 is 12.6 Å². The molecule has 0 aliphatic heterocycles. The van der Waals surface area contributed by atoms with Crippen molar-refractivity contribution in [1.82, 2.24) is 4.90 Å². The second-order valence-electron chi connectivity index (χ2n) is 3.63. The fourth-order valence-corrected chi connectivity index (χ4v) is 1.84. The summed E-state index contributed by atoms with van der Waals surface area (Å²) in [7, 11) is 5.35. The Morgan fingerprint density at radius 3 is 2.44 bits per heavy atom. The van der Waals surface area contributed by atoms with Crippen molar-refractivity contribution in [1.29, 1.82) is 0 Å². The Kier molecular flexibility index (Phi) is 5.49. The minimum Gasteiger partial charge on any atom is -0.493 e. The second-order valence-corrected chi connectivity index (χ2v) is 4.04. The zero-order valence-electron chi connectivity index (χ0n) is 10.0. The molecule has 0 atom stereocenters. The molecule has 89 valence electrons. The molecule has 0 N–H and O–H groups in total. The van der Waals surface area contributed by atoms with E-state index in [1.807, 2.05) is 18.2 Å². The molecule has 0 amide bonds. The normalized spacial score (nSPS) is 10.6. The van der Waals surface area contributed by atoms with Gasteiger partial charge in [-0.1, -0.05) is 18.7 Å². The highest BCUT2D eigenvalue weighted by Gasteiger charge is 2.06. The van der Waals surface area contributed by atoms with Gasteiger partial charge in [-0.2, -0.15) is 0 Å². The highest BCUT2D eigenvalue weighted by atomic mass is 32.1. The molecule has 3 nitrogen and oxygen atoms in total. The van der Waals surface area contributed by atoms with Crippen LogP contribution in [0.4, 0.5) is 0 Å². The third-order valence-electron chi connectivity index (χ3n) is 2.37. The summed E-state index contributed by atoms with van der Waals surface area (Å²) in [4.78, 5) is 2.19. The first-order valence-electron chi connectivity index (χ1n) is 5.18. The summed E-state index contributed by atoms with van der Waals surface area (Å²) in [6, 6.07) is 5.97. The maximum atomic E-state index is 5.25. The number of ether oxygens (including phenoxy) is 2. The van der Waals surface area contributed by atoms with Gasteiger partial charge in [0.1, 0.15) is 0 Å². The zero-order valence-corrected chi connectivity index (χ0v) is 10.8. The van der Waals surface area contributed by atoms with Gasteiger partial charge in [-0.25, -0.2) is 0 Å². The monoisotopic (exact) mass is 240 g/mol. The molecule has 0 heterocycles. The lowest BCUT2D eigenvalue weighted by Crippen LogP contribution is -2.20. The van der Waals surface area contributed by atoms with Crippen LogP contribution in [0.3, 0.4) is 0 Å². The van der Waals surface area contributed by atoms with Gasteiger partial charge in [-0.15, -0.1) is 0 Å². The highest BCUT2D eigenvalue weighted by Crippen LogP contribution is 2.27. The first kappa shape index (κ1) is 13.2. The van der Waals surface area contributed by atoms with E-state index in [0.29, 0.717) is 0 Å². The molecule has 16 heavy (non-hydrogen) atoms. The van der Waals surface area contributed by atoms with E-state index in [-0.39, 0.29) is 0 Å². The van der Waals surface area contributed by atoms with Gasteiger partial charge in [-0.05, 0) is 24.7 Å². The van der Waals surface area contributed by atoms with Gasteiger partial charge in [0.25, 0.3) is 0 Å².